The molecule has 1 aromatic rings. The number of amides is 1. The molecule has 1 aromatic carbocycles. The van der Waals surface area contributed by atoms with E-state index in [1.807, 2.05) is 17.0 Å². The minimum Gasteiger partial charge on any atom is -0.508 e. The highest BCUT2D eigenvalue weighted by Crippen LogP contribution is 2.12. The molecule has 1 fully saturated rings. The van der Waals surface area contributed by atoms with Crippen molar-refractivity contribution in [1.29, 1.82) is 0 Å². The van der Waals surface area contributed by atoms with Gasteiger partial charge in [0.25, 0.3) is 0 Å². The quantitative estimate of drug-likeness (QED) is 0.842. The second-order valence-electron chi connectivity index (χ2n) is 5.64. The number of carbonyl (C=O) groups excluding carboxylic acids is 1. The summed E-state index contributed by atoms with van der Waals surface area (Å²) in [6.45, 7) is 6.67. The Morgan fingerprint density at radius 1 is 1.24 bits per heavy atom. The smallest absolute Gasteiger partial charge is 0.239 e. The van der Waals surface area contributed by atoms with Crippen LogP contribution in [0.5, 0.6) is 5.75 Å². The number of benzene rings is 1. The molecule has 0 aliphatic carbocycles. The third-order valence-electron chi connectivity index (χ3n) is 3.93. The van der Waals surface area contributed by atoms with Crippen molar-refractivity contribution in [2.75, 3.05) is 32.7 Å². The first-order chi connectivity index (χ1) is 10.1. The van der Waals surface area contributed by atoms with E-state index >= 15 is 0 Å². The van der Waals surface area contributed by atoms with Crippen LogP contribution in [0.15, 0.2) is 24.3 Å². The maximum absolute atomic E-state index is 12.4. The van der Waals surface area contributed by atoms with Crippen molar-refractivity contribution in [2.24, 2.45) is 5.73 Å². The van der Waals surface area contributed by atoms with E-state index in [-0.39, 0.29) is 11.7 Å². The highest BCUT2D eigenvalue weighted by molar-refractivity contribution is 5.82. The standard InChI is InChI=1S/C16H25N3O2/c1-2-7-18-8-10-19(11-9-18)16(21)15(17)12-13-3-5-14(20)6-4-13/h3-6,15,20H,2,7-12,17H2,1H3/t15-/m1/s1. The van der Waals surface area contributed by atoms with E-state index in [0.717, 1.165) is 44.7 Å². The third kappa shape index (κ3) is 4.44. The van der Waals surface area contributed by atoms with Gasteiger partial charge in [0.05, 0.1) is 6.04 Å². The van der Waals surface area contributed by atoms with Crippen molar-refractivity contribution in [3.05, 3.63) is 29.8 Å². The van der Waals surface area contributed by atoms with Gasteiger partial charge < -0.3 is 15.7 Å². The number of piperazine rings is 1. The highest BCUT2D eigenvalue weighted by atomic mass is 16.3. The second-order valence-corrected chi connectivity index (χ2v) is 5.64. The third-order valence-corrected chi connectivity index (χ3v) is 3.93. The minimum absolute atomic E-state index is 0.0271. The minimum atomic E-state index is -0.507. The molecule has 2 rings (SSSR count). The van der Waals surface area contributed by atoms with Crippen LogP contribution in [0.1, 0.15) is 18.9 Å². The topological polar surface area (TPSA) is 69.8 Å². The molecule has 1 saturated heterocycles. The molecule has 0 radical (unpaired) electrons. The Hall–Kier alpha value is -1.59. The molecule has 0 saturated carbocycles. The van der Waals surface area contributed by atoms with Crippen LogP contribution in [-0.4, -0.2) is 59.6 Å². The van der Waals surface area contributed by atoms with Crippen molar-refractivity contribution >= 4 is 5.91 Å². The number of hydrogen-bond acceptors (Lipinski definition) is 4. The summed E-state index contributed by atoms with van der Waals surface area (Å²) in [5.41, 5.74) is 7.01. The predicted molar refractivity (Wildman–Crippen MR) is 83.1 cm³/mol. The molecule has 1 aliphatic rings. The Bertz CT molecular complexity index is 453. The van der Waals surface area contributed by atoms with Crippen LogP contribution in [0.25, 0.3) is 0 Å². The zero-order valence-corrected chi connectivity index (χ0v) is 12.7. The van der Waals surface area contributed by atoms with Crippen LogP contribution >= 0.6 is 0 Å². The molecule has 0 spiro atoms. The molecule has 1 atom stereocenters. The predicted octanol–water partition coefficient (Wildman–Crippen LogP) is 0.816. The van der Waals surface area contributed by atoms with E-state index in [0.29, 0.717) is 6.42 Å². The molecular formula is C16H25N3O2. The first-order valence-electron chi connectivity index (χ1n) is 7.64. The van der Waals surface area contributed by atoms with E-state index in [2.05, 4.69) is 11.8 Å². The first kappa shape index (κ1) is 15.8. The van der Waals surface area contributed by atoms with Gasteiger partial charge in [0, 0.05) is 26.2 Å². The summed E-state index contributed by atoms with van der Waals surface area (Å²) in [5, 5.41) is 9.26. The molecule has 1 heterocycles. The second kappa shape index (κ2) is 7.43. The van der Waals surface area contributed by atoms with Gasteiger partial charge in [-0.05, 0) is 37.1 Å². The molecule has 3 N–H and O–H groups in total. The first-order valence-corrected chi connectivity index (χ1v) is 7.64. The fourth-order valence-corrected chi connectivity index (χ4v) is 2.72. The number of carbonyl (C=O) groups is 1. The molecule has 1 aliphatic heterocycles. The Morgan fingerprint density at radius 2 is 1.86 bits per heavy atom. The van der Waals surface area contributed by atoms with Gasteiger partial charge in [-0.2, -0.15) is 0 Å². The molecule has 21 heavy (non-hydrogen) atoms. The zero-order chi connectivity index (χ0) is 15.2. The molecule has 0 bridgehead atoms. The fraction of sp³-hybridized carbons (Fsp3) is 0.562. The van der Waals surface area contributed by atoms with Crippen molar-refractivity contribution in [3.63, 3.8) is 0 Å². The van der Waals surface area contributed by atoms with Crippen LogP contribution in [0.3, 0.4) is 0 Å². The number of rotatable bonds is 5. The van der Waals surface area contributed by atoms with Gasteiger partial charge in [0.1, 0.15) is 5.75 Å². The largest absolute Gasteiger partial charge is 0.508 e. The number of phenols is 1. The molecule has 116 valence electrons. The van der Waals surface area contributed by atoms with Crippen LogP contribution < -0.4 is 5.73 Å². The molecule has 0 aromatic heterocycles. The summed E-state index contributed by atoms with van der Waals surface area (Å²) in [5.74, 6) is 0.255. The van der Waals surface area contributed by atoms with Gasteiger partial charge in [0.15, 0.2) is 0 Å². The summed E-state index contributed by atoms with van der Waals surface area (Å²) in [6, 6.07) is 6.35. The lowest BCUT2D eigenvalue weighted by Gasteiger charge is -2.35. The average molecular weight is 291 g/mol. The lowest BCUT2D eigenvalue weighted by atomic mass is 10.0. The van der Waals surface area contributed by atoms with Crippen LogP contribution in [0, 0.1) is 0 Å². The number of phenolic OH excluding ortho intramolecular Hbond substituents is 1. The average Bonchev–Trinajstić information content (AvgIpc) is 2.50. The van der Waals surface area contributed by atoms with Gasteiger partial charge in [-0.15, -0.1) is 0 Å². The zero-order valence-electron chi connectivity index (χ0n) is 12.7. The summed E-state index contributed by atoms with van der Waals surface area (Å²) in [4.78, 5) is 16.6. The Balaban J connectivity index is 1.84. The van der Waals surface area contributed by atoms with E-state index < -0.39 is 6.04 Å². The van der Waals surface area contributed by atoms with E-state index in [1.54, 1.807) is 12.1 Å². The Morgan fingerprint density at radius 3 is 2.43 bits per heavy atom. The van der Waals surface area contributed by atoms with Gasteiger partial charge in [-0.3, -0.25) is 9.69 Å². The summed E-state index contributed by atoms with van der Waals surface area (Å²) < 4.78 is 0. The van der Waals surface area contributed by atoms with Crippen molar-refractivity contribution in [3.8, 4) is 5.75 Å². The number of aromatic hydroxyl groups is 1. The molecule has 1 amide bonds. The molecule has 5 heteroatoms. The van der Waals surface area contributed by atoms with Gasteiger partial charge >= 0.3 is 0 Å². The summed E-state index contributed by atoms with van der Waals surface area (Å²) in [6.07, 6.45) is 1.66. The Labute approximate surface area is 126 Å². The van der Waals surface area contributed by atoms with Gasteiger partial charge in [-0.1, -0.05) is 19.1 Å². The van der Waals surface area contributed by atoms with Crippen LogP contribution in [0.2, 0.25) is 0 Å². The van der Waals surface area contributed by atoms with Crippen molar-refractivity contribution < 1.29 is 9.90 Å². The number of hydrogen-bond donors (Lipinski definition) is 2. The molecule has 0 unspecified atom stereocenters. The van der Waals surface area contributed by atoms with Crippen LogP contribution in [0.4, 0.5) is 0 Å². The molecule has 5 nitrogen and oxygen atoms in total. The number of nitrogens with two attached hydrogens (primary N) is 1. The Kier molecular flexibility index (Phi) is 5.59. The monoisotopic (exact) mass is 291 g/mol. The number of nitrogens with zero attached hydrogens (tertiary/aromatic N) is 2. The maximum atomic E-state index is 12.4. The lowest BCUT2D eigenvalue weighted by molar-refractivity contribution is -0.134. The highest BCUT2D eigenvalue weighted by Gasteiger charge is 2.24. The SMILES string of the molecule is CCCN1CCN(C(=O)[C@H](N)Cc2ccc(O)cc2)CC1. The summed E-state index contributed by atoms with van der Waals surface area (Å²) in [7, 11) is 0. The fourth-order valence-electron chi connectivity index (χ4n) is 2.72. The summed E-state index contributed by atoms with van der Waals surface area (Å²) >= 11 is 0. The van der Waals surface area contributed by atoms with Crippen LogP contribution in [-0.2, 0) is 11.2 Å². The normalized spacial score (nSPS) is 17.7. The van der Waals surface area contributed by atoms with E-state index in [1.165, 1.54) is 0 Å². The van der Waals surface area contributed by atoms with E-state index in [9.17, 15) is 9.90 Å². The lowest BCUT2D eigenvalue weighted by Crippen LogP contribution is -2.53. The maximum Gasteiger partial charge on any atom is 0.239 e. The van der Waals surface area contributed by atoms with E-state index in [4.69, 9.17) is 5.73 Å². The van der Waals surface area contributed by atoms with Gasteiger partial charge in [0.2, 0.25) is 5.91 Å². The van der Waals surface area contributed by atoms with Gasteiger partial charge in [-0.25, -0.2) is 0 Å². The molecular weight excluding hydrogens is 266 g/mol. The van der Waals surface area contributed by atoms with Crippen molar-refractivity contribution in [2.45, 2.75) is 25.8 Å². The van der Waals surface area contributed by atoms with Crippen molar-refractivity contribution in [1.82, 2.24) is 9.80 Å².